The van der Waals surface area contributed by atoms with Crippen LogP contribution >= 0.6 is 0 Å². The van der Waals surface area contributed by atoms with Gasteiger partial charge >= 0.3 is 0 Å². The SMILES string of the molecule is CCNC(C)C1CCCCN1c1ccnc(OC)c1. The second-order valence-electron chi connectivity index (χ2n) is 5.16. The molecule has 1 aromatic rings. The Balaban J connectivity index is 2.18. The van der Waals surface area contributed by atoms with Gasteiger partial charge in [-0.3, -0.25) is 0 Å². The number of anilines is 1. The number of nitrogens with zero attached hydrogens (tertiary/aromatic N) is 2. The van der Waals surface area contributed by atoms with E-state index in [-0.39, 0.29) is 0 Å². The Bertz CT molecular complexity index is 397. The largest absolute Gasteiger partial charge is 0.481 e. The van der Waals surface area contributed by atoms with E-state index in [2.05, 4.69) is 35.1 Å². The number of hydrogen-bond acceptors (Lipinski definition) is 4. The number of rotatable bonds is 5. The van der Waals surface area contributed by atoms with Gasteiger partial charge in [-0.05, 0) is 38.8 Å². The smallest absolute Gasteiger partial charge is 0.214 e. The van der Waals surface area contributed by atoms with Crippen LogP contribution in [0.4, 0.5) is 5.69 Å². The van der Waals surface area contributed by atoms with E-state index in [9.17, 15) is 0 Å². The van der Waals surface area contributed by atoms with Crippen LogP contribution in [0.3, 0.4) is 0 Å². The van der Waals surface area contributed by atoms with Crippen molar-refractivity contribution in [2.24, 2.45) is 0 Å². The van der Waals surface area contributed by atoms with E-state index in [1.807, 2.05) is 12.3 Å². The molecule has 0 saturated carbocycles. The minimum absolute atomic E-state index is 0.504. The highest BCUT2D eigenvalue weighted by Crippen LogP contribution is 2.28. The lowest BCUT2D eigenvalue weighted by Gasteiger charge is -2.41. The van der Waals surface area contributed by atoms with Gasteiger partial charge in [-0.15, -0.1) is 0 Å². The number of ether oxygens (including phenoxy) is 1. The number of piperidine rings is 1. The van der Waals surface area contributed by atoms with Crippen molar-refractivity contribution in [3.63, 3.8) is 0 Å². The highest BCUT2D eigenvalue weighted by molar-refractivity contribution is 5.49. The van der Waals surface area contributed by atoms with Gasteiger partial charge in [0.1, 0.15) is 0 Å². The fourth-order valence-corrected chi connectivity index (χ4v) is 2.95. The first-order valence-corrected chi connectivity index (χ1v) is 7.26. The normalized spacial score (nSPS) is 21.2. The summed E-state index contributed by atoms with van der Waals surface area (Å²) in [5.41, 5.74) is 1.22. The van der Waals surface area contributed by atoms with Gasteiger partial charge in [0.05, 0.1) is 7.11 Å². The van der Waals surface area contributed by atoms with E-state index in [0.717, 1.165) is 13.1 Å². The van der Waals surface area contributed by atoms with Crippen LogP contribution in [0.1, 0.15) is 33.1 Å². The van der Waals surface area contributed by atoms with E-state index in [0.29, 0.717) is 18.0 Å². The molecule has 0 spiro atoms. The predicted molar refractivity (Wildman–Crippen MR) is 78.9 cm³/mol. The molecule has 0 radical (unpaired) electrons. The molecular formula is C15H25N3O. The van der Waals surface area contributed by atoms with Crippen LogP contribution in [0.2, 0.25) is 0 Å². The van der Waals surface area contributed by atoms with Gasteiger partial charge in [-0.25, -0.2) is 4.98 Å². The van der Waals surface area contributed by atoms with Crippen LogP contribution in [-0.4, -0.2) is 37.3 Å². The number of pyridine rings is 1. The maximum Gasteiger partial charge on any atom is 0.214 e. The van der Waals surface area contributed by atoms with Gasteiger partial charge in [0, 0.05) is 36.6 Å². The van der Waals surface area contributed by atoms with Crippen molar-refractivity contribution in [1.29, 1.82) is 0 Å². The average Bonchev–Trinajstić information content (AvgIpc) is 2.47. The van der Waals surface area contributed by atoms with Gasteiger partial charge in [0.15, 0.2) is 0 Å². The maximum atomic E-state index is 5.24. The molecule has 0 amide bonds. The summed E-state index contributed by atoms with van der Waals surface area (Å²) < 4.78 is 5.24. The fourth-order valence-electron chi connectivity index (χ4n) is 2.95. The molecule has 19 heavy (non-hydrogen) atoms. The standard InChI is InChI=1S/C15H25N3O/c1-4-16-12(2)14-7-5-6-10-18(14)13-8-9-17-15(11-13)19-3/h8-9,11-12,14,16H,4-7,10H2,1-3H3. The van der Waals surface area contributed by atoms with Gasteiger partial charge in [-0.1, -0.05) is 6.92 Å². The number of aromatic nitrogens is 1. The molecule has 4 nitrogen and oxygen atoms in total. The zero-order chi connectivity index (χ0) is 13.7. The number of hydrogen-bond donors (Lipinski definition) is 1. The highest BCUT2D eigenvalue weighted by atomic mass is 16.5. The van der Waals surface area contributed by atoms with Gasteiger partial charge in [0.2, 0.25) is 5.88 Å². The van der Waals surface area contributed by atoms with Crippen molar-refractivity contribution in [1.82, 2.24) is 10.3 Å². The molecule has 0 bridgehead atoms. The summed E-state index contributed by atoms with van der Waals surface area (Å²) >= 11 is 0. The summed E-state index contributed by atoms with van der Waals surface area (Å²) in [7, 11) is 1.67. The molecule has 4 heteroatoms. The van der Waals surface area contributed by atoms with Crippen LogP contribution in [0, 0.1) is 0 Å². The third kappa shape index (κ3) is 3.38. The first kappa shape index (κ1) is 14.1. The lowest BCUT2D eigenvalue weighted by atomic mass is 9.95. The molecule has 1 aromatic heterocycles. The average molecular weight is 263 g/mol. The Morgan fingerprint density at radius 2 is 2.37 bits per heavy atom. The van der Waals surface area contributed by atoms with Crippen LogP contribution in [0.15, 0.2) is 18.3 Å². The lowest BCUT2D eigenvalue weighted by Crippen LogP contribution is -2.51. The van der Waals surface area contributed by atoms with Crippen LogP contribution in [0.25, 0.3) is 0 Å². The molecule has 2 rings (SSSR count). The fraction of sp³-hybridized carbons (Fsp3) is 0.667. The molecule has 1 aliphatic rings. The summed E-state index contributed by atoms with van der Waals surface area (Å²) in [6.07, 6.45) is 5.66. The van der Waals surface area contributed by atoms with Crippen molar-refractivity contribution in [2.45, 2.75) is 45.2 Å². The molecule has 2 heterocycles. The zero-order valence-corrected chi connectivity index (χ0v) is 12.2. The Labute approximate surface area is 116 Å². The first-order chi connectivity index (χ1) is 9.26. The summed E-state index contributed by atoms with van der Waals surface area (Å²) in [6.45, 7) is 6.59. The highest BCUT2D eigenvalue weighted by Gasteiger charge is 2.27. The molecule has 0 aliphatic carbocycles. The molecule has 2 atom stereocenters. The summed E-state index contributed by atoms with van der Waals surface area (Å²) in [5.74, 6) is 0.693. The second-order valence-corrected chi connectivity index (χ2v) is 5.16. The number of nitrogens with one attached hydrogen (secondary N) is 1. The van der Waals surface area contributed by atoms with E-state index in [1.54, 1.807) is 7.11 Å². The van der Waals surface area contributed by atoms with Crippen molar-refractivity contribution < 1.29 is 4.74 Å². The molecule has 1 N–H and O–H groups in total. The van der Waals surface area contributed by atoms with Gasteiger partial charge in [-0.2, -0.15) is 0 Å². The minimum atomic E-state index is 0.504. The van der Waals surface area contributed by atoms with Crippen molar-refractivity contribution in [3.8, 4) is 5.88 Å². The third-order valence-electron chi connectivity index (χ3n) is 3.91. The summed E-state index contributed by atoms with van der Waals surface area (Å²) in [4.78, 5) is 6.70. The summed E-state index contributed by atoms with van der Waals surface area (Å²) in [5, 5.41) is 3.55. The zero-order valence-electron chi connectivity index (χ0n) is 12.2. The molecule has 2 unspecified atom stereocenters. The lowest BCUT2D eigenvalue weighted by molar-refractivity contribution is 0.370. The van der Waals surface area contributed by atoms with Crippen LogP contribution < -0.4 is 15.0 Å². The van der Waals surface area contributed by atoms with E-state index in [4.69, 9.17) is 4.74 Å². The number of likely N-dealkylation sites (N-methyl/N-ethyl adjacent to an activating group) is 1. The molecule has 1 aliphatic heterocycles. The van der Waals surface area contributed by atoms with E-state index < -0.39 is 0 Å². The molecule has 106 valence electrons. The monoisotopic (exact) mass is 263 g/mol. The predicted octanol–water partition coefficient (Wildman–Crippen LogP) is 2.45. The third-order valence-corrected chi connectivity index (χ3v) is 3.91. The van der Waals surface area contributed by atoms with Crippen LogP contribution in [-0.2, 0) is 0 Å². The molecule has 0 aromatic carbocycles. The Morgan fingerprint density at radius 3 is 3.11 bits per heavy atom. The molecule has 1 saturated heterocycles. The quantitative estimate of drug-likeness (QED) is 0.885. The van der Waals surface area contributed by atoms with Gasteiger partial charge in [0.25, 0.3) is 0 Å². The molecular weight excluding hydrogens is 238 g/mol. The Morgan fingerprint density at radius 1 is 1.53 bits per heavy atom. The Hall–Kier alpha value is -1.29. The first-order valence-electron chi connectivity index (χ1n) is 7.26. The van der Waals surface area contributed by atoms with Crippen molar-refractivity contribution in [2.75, 3.05) is 25.1 Å². The topological polar surface area (TPSA) is 37.4 Å². The second kappa shape index (κ2) is 6.75. The number of methoxy groups -OCH3 is 1. The minimum Gasteiger partial charge on any atom is -0.481 e. The van der Waals surface area contributed by atoms with E-state index in [1.165, 1.54) is 24.9 Å². The van der Waals surface area contributed by atoms with Crippen molar-refractivity contribution >= 4 is 5.69 Å². The molecule has 1 fully saturated rings. The van der Waals surface area contributed by atoms with E-state index >= 15 is 0 Å². The van der Waals surface area contributed by atoms with Gasteiger partial charge < -0.3 is 15.0 Å². The van der Waals surface area contributed by atoms with Crippen molar-refractivity contribution in [3.05, 3.63) is 18.3 Å². The summed E-state index contributed by atoms with van der Waals surface area (Å²) in [6, 6.07) is 5.18. The Kier molecular flexibility index (Phi) is 5.02. The van der Waals surface area contributed by atoms with Crippen LogP contribution in [0.5, 0.6) is 5.88 Å². The maximum absolute atomic E-state index is 5.24.